The first-order chi connectivity index (χ1) is 25.4. The molecular weight excluding hydrogens is 693 g/mol. The summed E-state index contributed by atoms with van der Waals surface area (Å²) in [5, 5.41) is 1.21. The summed E-state index contributed by atoms with van der Waals surface area (Å²) in [5.41, 5.74) is 2.66. The van der Waals surface area contributed by atoms with Gasteiger partial charge in [0.1, 0.15) is 12.0 Å². The highest BCUT2D eigenvalue weighted by atomic mass is 35.5. The lowest BCUT2D eigenvalue weighted by Gasteiger charge is -2.36. The summed E-state index contributed by atoms with van der Waals surface area (Å²) in [5.74, 6) is 0.517. The molecule has 0 unspecified atom stereocenters. The second-order valence-electron chi connectivity index (χ2n) is 12.8. The fraction of sp³-hybridized carbons (Fsp3) is 0.442. The molecule has 1 aliphatic rings. The predicted molar refractivity (Wildman–Crippen MR) is 220 cm³/mol. The molecule has 0 saturated carbocycles. The molecular formula is C43H57Cl2N3O4. The van der Waals surface area contributed by atoms with E-state index in [1.807, 2.05) is 48.3 Å². The normalized spacial score (nSPS) is 14.1. The molecule has 2 aromatic carbocycles. The predicted octanol–water partition coefficient (Wildman–Crippen LogP) is 10.5. The third kappa shape index (κ3) is 16.7. The van der Waals surface area contributed by atoms with Gasteiger partial charge < -0.3 is 19.3 Å². The number of ether oxygens (including phenoxy) is 2. The van der Waals surface area contributed by atoms with E-state index in [4.69, 9.17) is 32.7 Å². The van der Waals surface area contributed by atoms with E-state index in [-0.39, 0.29) is 12.7 Å². The standard InChI is InChI=1S/C43H57Cl2N3O4/c1-3-4-5-6-7-8-9-10-11-12-13-14-15-16-17-25-42(50)52-36-46(2)41-35-38(27-26-37(41)22-21-33-49)51-34-19-18-28-47-29-31-48(32-30-47)40-24-20-23-39(44)43(40)45/h4-5,7-8,10-11,13-14,20-24,26-27,33,35H,3,6,9,12,15-19,25,28-32,34,36H2,1-2H3/b5-4-,8-7-,11-10-,14-13-,22-21-. The number of piperazine rings is 1. The molecule has 2 aromatic rings. The third-order valence-electron chi connectivity index (χ3n) is 8.69. The van der Waals surface area contributed by atoms with Gasteiger partial charge in [0.2, 0.25) is 0 Å². The van der Waals surface area contributed by atoms with E-state index in [1.165, 1.54) is 6.08 Å². The number of esters is 1. The number of hydrogen-bond donors (Lipinski definition) is 0. The number of aldehydes is 1. The first-order valence-electron chi connectivity index (χ1n) is 18.7. The van der Waals surface area contributed by atoms with Crippen LogP contribution in [0.15, 0.2) is 91.1 Å². The topological polar surface area (TPSA) is 62.3 Å². The molecule has 0 aromatic heterocycles. The second kappa shape index (κ2) is 26.1. The molecule has 0 atom stereocenters. The van der Waals surface area contributed by atoms with Crippen LogP contribution in [0.5, 0.6) is 5.75 Å². The molecule has 0 radical (unpaired) electrons. The largest absolute Gasteiger partial charge is 0.494 e. The van der Waals surface area contributed by atoms with Gasteiger partial charge in [0.15, 0.2) is 6.73 Å². The Bertz CT molecular complexity index is 1500. The van der Waals surface area contributed by atoms with Crippen molar-refractivity contribution in [3.63, 3.8) is 0 Å². The Balaban J connectivity index is 1.32. The lowest BCUT2D eigenvalue weighted by molar-refractivity contribution is -0.143. The third-order valence-corrected chi connectivity index (χ3v) is 9.50. The maximum atomic E-state index is 12.5. The number of anilines is 2. The van der Waals surface area contributed by atoms with Crippen LogP contribution in [0.3, 0.4) is 0 Å². The fourth-order valence-electron chi connectivity index (χ4n) is 5.74. The lowest BCUT2D eigenvalue weighted by atomic mass is 10.1. The summed E-state index contributed by atoms with van der Waals surface area (Å²) in [4.78, 5) is 30.1. The SMILES string of the molecule is CC/C=C\C/C=C\C/C=C\C/C=C\CCCCC(=O)OCN(C)c1cc(OCCCCN2CCN(c3cccc(Cl)c3Cl)CC2)ccc1/C=C\C=O. The number of hydrogen-bond acceptors (Lipinski definition) is 7. The Morgan fingerprint density at radius 1 is 0.865 bits per heavy atom. The number of allylic oxidation sites excluding steroid dienone is 9. The van der Waals surface area contributed by atoms with Crippen molar-refractivity contribution in [2.45, 2.75) is 71.1 Å². The van der Waals surface area contributed by atoms with Gasteiger partial charge in [-0.2, -0.15) is 0 Å². The number of rotatable bonds is 24. The van der Waals surface area contributed by atoms with Gasteiger partial charge in [-0.1, -0.05) is 84.8 Å². The zero-order valence-corrected chi connectivity index (χ0v) is 32.6. The Morgan fingerprint density at radius 2 is 1.58 bits per heavy atom. The van der Waals surface area contributed by atoms with E-state index in [2.05, 4.69) is 65.3 Å². The van der Waals surface area contributed by atoms with E-state index < -0.39 is 0 Å². The average molecular weight is 751 g/mol. The molecule has 52 heavy (non-hydrogen) atoms. The zero-order valence-electron chi connectivity index (χ0n) is 31.1. The molecule has 3 rings (SSSR count). The van der Waals surface area contributed by atoms with Crippen molar-refractivity contribution in [2.75, 3.05) is 62.9 Å². The first-order valence-corrected chi connectivity index (χ1v) is 19.4. The Hall–Kier alpha value is -3.78. The van der Waals surface area contributed by atoms with Gasteiger partial charge in [-0.15, -0.1) is 0 Å². The fourth-order valence-corrected chi connectivity index (χ4v) is 6.16. The average Bonchev–Trinajstić information content (AvgIpc) is 3.16. The van der Waals surface area contributed by atoms with Crippen LogP contribution in [0.4, 0.5) is 11.4 Å². The first kappa shape index (κ1) is 42.6. The monoisotopic (exact) mass is 749 g/mol. The van der Waals surface area contributed by atoms with Gasteiger partial charge >= 0.3 is 5.97 Å². The van der Waals surface area contributed by atoms with E-state index in [1.54, 1.807) is 6.08 Å². The molecule has 0 bridgehead atoms. The molecule has 7 nitrogen and oxygen atoms in total. The molecule has 0 spiro atoms. The summed E-state index contributed by atoms with van der Waals surface area (Å²) in [6.07, 6.45) is 30.5. The summed E-state index contributed by atoms with van der Waals surface area (Å²) in [6.45, 7) is 7.65. The van der Waals surface area contributed by atoms with Gasteiger partial charge in [0.05, 0.1) is 28.0 Å². The number of nitrogens with zero attached hydrogens (tertiary/aromatic N) is 3. The van der Waals surface area contributed by atoms with Crippen LogP contribution < -0.4 is 14.5 Å². The molecule has 1 heterocycles. The number of unbranched alkanes of at least 4 members (excludes halogenated alkanes) is 3. The summed E-state index contributed by atoms with van der Waals surface area (Å²) in [7, 11) is 1.87. The molecule has 1 aliphatic heterocycles. The van der Waals surface area contributed by atoms with Crippen LogP contribution >= 0.6 is 23.2 Å². The molecule has 0 aliphatic carbocycles. The minimum Gasteiger partial charge on any atom is -0.494 e. The van der Waals surface area contributed by atoms with Crippen molar-refractivity contribution in [3.05, 3.63) is 107 Å². The minimum absolute atomic E-state index is 0.109. The summed E-state index contributed by atoms with van der Waals surface area (Å²) in [6, 6.07) is 11.5. The molecule has 1 fully saturated rings. The molecule has 0 N–H and O–H groups in total. The highest BCUT2D eigenvalue weighted by Gasteiger charge is 2.19. The van der Waals surface area contributed by atoms with Crippen LogP contribution in [0, 0.1) is 0 Å². The number of benzene rings is 2. The Kier molecular flexibility index (Phi) is 21.4. The van der Waals surface area contributed by atoms with E-state index in [9.17, 15) is 9.59 Å². The maximum Gasteiger partial charge on any atom is 0.307 e. The maximum absolute atomic E-state index is 12.5. The van der Waals surface area contributed by atoms with Crippen molar-refractivity contribution in [3.8, 4) is 5.75 Å². The van der Waals surface area contributed by atoms with Crippen LogP contribution in [-0.2, 0) is 14.3 Å². The van der Waals surface area contributed by atoms with Crippen molar-refractivity contribution in [2.24, 2.45) is 0 Å². The highest BCUT2D eigenvalue weighted by molar-refractivity contribution is 6.43. The lowest BCUT2D eigenvalue weighted by Crippen LogP contribution is -2.46. The van der Waals surface area contributed by atoms with Crippen LogP contribution in [0.25, 0.3) is 6.08 Å². The van der Waals surface area contributed by atoms with Crippen LogP contribution in [-0.4, -0.2) is 70.3 Å². The van der Waals surface area contributed by atoms with Crippen LogP contribution in [0.2, 0.25) is 10.0 Å². The van der Waals surface area contributed by atoms with Gasteiger partial charge in [0, 0.05) is 45.7 Å². The highest BCUT2D eigenvalue weighted by Crippen LogP contribution is 2.33. The van der Waals surface area contributed by atoms with Crippen molar-refractivity contribution < 1.29 is 19.1 Å². The summed E-state index contributed by atoms with van der Waals surface area (Å²) < 4.78 is 11.7. The number of halogens is 2. The van der Waals surface area contributed by atoms with Crippen molar-refractivity contribution >= 4 is 52.9 Å². The smallest absolute Gasteiger partial charge is 0.307 e. The van der Waals surface area contributed by atoms with Crippen molar-refractivity contribution in [1.29, 1.82) is 0 Å². The Labute approximate surface area is 322 Å². The van der Waals surface area contributed by atoms with E-state index in [0.717, 1.165) is 119 Å². The second-order valence-corrected chi connectivity index (χ2v) is 13.5. The van der Waals surface area contributed by atoms with Gasteiger partial charge in [-0.25, -0.2) is 0 Å². The van der Waals surface area contributed by atoms with Crippen LogP contribution in [0.1, 0.15) is 76.7 Å². The number of carbonyl (C=O) groups is 2. The molecule has 0 amide bonds. The van der Waals surface area contributed by atoms with Gasteiger partial charge in [0.25, 0.3) is 0 Å². The van der Waals surface area contributed by atoms with Crippen molar-refractivity contribution in [1.82, 2.24) is 4.90 Å². The van der Waals surface area contributed by atoms with Gasteiger partial charge in [-0.05, 0) is 106 Å². The Morgan fingerprint density at radius 3 is 2.29 bits per heavy atom. The zero-order chi connectivity index (χ0) is 37.2. The molecule has 9 heteroatoms. The molecule has 1 saturated heterocycles. The quantitative estimate of drug-likeness (QED) is 0.0264. The van der Waals surface area contributed by atoms with Gasteiger partial charge in [-0.3, -0.25) is 14.5 Å². The molecule has 282 valence electrons. The summed E-state index contributed by atoms with van der Waals surface area (Å²) >= 11 is 12.6. The minimum atomic E-state index is -0.218. The van der Waals surface area contributed by atoms with E-state index >= 15 is 0 Å². The van der Waals surface area contributed by atoms with E-state index in [0.29, 0.717) is 23.1 Å². The number of carbonyl (C=O) groups excluding carboxylic acids is 2.